The molecular formula is C25H34N2O2S. The maximum Gasteiger partial charge on any atom is 0.242 e. The Morgan fingerprint density at radius 1 is 1.07 bits per heavy atom. The lowest BCUT2D eigenvalue weighted by atomic mass is 10.1. The fraction of sp³-hybridized carbons (Fsp3) is 0.440. The minimum Gasteiger partial charge on any atom is -0.354 e. The molecule has 1 atom stereocenters. The van der Waals surface area contributed by atoms with E-state index in [0.29, 0.717) is 37.6 Å². The summed E-state index contributed by atoms with van der Waals surface area (Å²) in [6.07, 6.45) is 0.993. The standard InChI is InChI=1S/C25H34N2O2S/c1-5-23(25(29)26-17-19(2)3)27(18-21-11-9-10-20(4)16-21)24(28)14-15-30-22-12-7-6-8-13-22/h6-13,16,19,23H,5,14-15,17-18H2,1-4H3,(H,26,29). The van der Waals surface area contributed by atoms with Gasteiger partial charge in [0, 0.05) is 30.2 Å². The molecule has 1 unspecified atom stereocenters. The predicted molar refractivity (Wildman–Crippen MR) is 125 cm³/mol. The van der Waals surface area contributed by atoms with Gasteiger partial charge in [-0.3, -0.25) is 9.59 Å². The topological polar surface area (TPSA) is 49.4 Å². The second-order valence-electron chi connectivity index (χ2n) is 7.99. The smallest absolute Gasteiger partial charge is 0.242 e. The van der Waals surface area contributed by atoms with Crippen molar-refractivity contribution in [2.75, 3.05) is 12.3 Å². The molecule has 0 aliphatic carbocycles. The number of hydrogen-bond donors (Lipinski definition) is 1. The molecule has 2 rings (SSSR count). The molecule has 162 valence electrons. The number of nitrogens with zero attached hydrogens (tertiary/aromatic N) is 1. The van der Waals surface area contributed by atoms with Gasteiger partial charge in [0.2, 0.25) is 11.8 Å². The number of benzene rings is 2. The Balaban J connectivity index is 2.11. The zero-order valence-corrected chi connectivity index (χ0v) is 19.4. The summed E-state index contributed by atoms with van der Waals surface area (Å²) in [6.45, 7) is 9.21. The van der Waals surface area contributed by atoms with E-state index in [2.05, 4.69) is 25.2 Å². The molecule has 0 aliphatic rings. The molecule has 1 N–H and O–H groups in total. The SMILES string of the molecule is CCC(C(=O)NCC(C)C)N(Cc1cccc(C)c1)C(=O)CCSc1ccccc1. The van der Waals surface area contributed by atoms with Gasteiger partial charge in [-0.25, -0.2) is 0 Å². The van der Waals surface area contributed by atoms with Crippen LogP contribution in [0.4, 0.5) is 0 Å². The zero-order chi connectivity index (χ0) is 21.9. The molecule has 2 amide bonds. The first-order valence-corrected chi connectivity index (χ1v) is 11.7. The van der Waals surface area contributed by atoms with Crippen LogP contribution in [0, 0.1) is 12.8 Å². The molecule has 30 heavy (non-hydrogen) atoms. The van der Waals surface area contributed by atoms with Crippen LogP contribution in [0.15, 0.2) is 59.5 Å². The number of rotatable bonds is 11. The number of carbonyl (C=O) groups is 2. The lowest BCUT2D eigenvalue weighted by Crippen LogP contribution is -2.49. The Morgan fingerprint density at radius 3 is 2.43 bits per heavy atom. The first-order chi connectivity index (χ1) is 14.4. The summed E-state index contributed by atoms with van der Waals surface area (Å²) in [6, 6.07) is 17.8. The molecule has 5 heteroatoms. The quantitative estimate of drug-likeness (QED) is 0.511. The average molecular weight is 427 g/mol. The lowest BCUT2D eigenvalue weighted by Gasteiger charge is -2.31. The number of hydrogen-bond acceptors (Lipinski definition) is 3. The van der Waals surface area contributed by atoms with Crippen LogP contribution in [0.1, 0.15) is 44.7 Å². The van der Waals surface area contributed by atoms with E-state index in [1.54, 1.807) is 16.7 Å². The van der Waals surface area contributed by atoms with Crippen LogP contribution >= 0.6 is 11.8 Å². The minimum absolute atomic E-state index is 0.0199. The fourth-order valence-corrected chi connectivity index (χ4v) is 4.13. The van der Waals surface area contributed by atoms with E-state index in [4.69, 9.17) is 0 Å². The van der Waals surface area contributed by atoms with E-state index in [0.717, 1.165) is 16.0 Å². The number of amides is 2. The molecule has 0 aromatic heterocycles. The Kier molecular flexibility index (Phi) is 9.95. The maximum absolute atomic E-state index is 13.2. The molecular weight excluding hydrogens is 392 g/mol. The third kappa shape index (κ3) is 7.86. The van der Waals surface area contributed by atoms with E-state index in [-0.39, 0.29) is 11.8 Å². The van der Waals surface area contributed by atoms with Crippen LogP contribution in [0.2, 0.25) is 0 Å². The number of thioether (sulfide) groups is 1. The van der Waals surface area contributed by atoms with Gasteiger partial charge in [-0.05, 0) is 37.0 Å². The molecule has 4 nitrogen and oxygen atoms in total. The first kappa shape index (κ1) is 24.0. The van der Waals surface area contributed by atoms with E-state index in [1.807, 2.05) is 62.4 Å². The van der Waals surface area contributed by atoms with Crippen LogP contribution in [0.5, 0.6) is 0 Å². The molecule has 0 aliphatic heterocycles. The number of nitrogens with one attached hydrogen (secondary N) is 1. The summed E-state index contributed by atoms with van der Waals surface area (Å²) < 4.78 is 0. The second-order valence-corrected chi connectivity index (χ2v) is 9.15. The van der Waals surface area contributed by atoms with E-state index >= 15 is 0 Å². The van der Waals surface area contributed by atoms with Crippen LogP contribution in [-0.4, -0.2) is 35.1 Å². The van der Waals surface area contributed by atoms with E-state index in [1.165, 1.54) is 0 Å². The Hall–Kier alpha value is -2.27. The van der Waals surface area contributed by atoms with Crippen LogP contribution in [-0.2, 0) is 16.1 Å². The van der Waals surface area contributed by atoms with Gasteiger partial charge >= 0.3 is 0 Å². The fourth-order valence-electron chi connectivity index (χ4n) is 3.27. The highest BCUT2D eigenvalue weighted by Crippen LogP contribution is 2.20. The molecule has 0 saturated carbocycles. The summed E-state index contributed by atoms with van der Waals surface area (Å²) in [4.78, 5) is 29.0. The van der Waals surface area contributed by atoms with Crippen molar-refractivity contribution in [3.63, 3.8) is 0 Å². The predicted octanol–water partition coefficient (Wildman–Crippen LogP) is 5.06. The number of carbonyl (C=O) groups excluding carboxylic acids is 2. The van der Waals surface area contributed by atoms with E-state index < -0.39 is 6.04 Å². The minimum atomic E-state index is -0.460. The van der Waals surface area contributed by atoms with Crippen molar-refractivity contribution in [1.82, 2.24) is 10.2 Å². The van der Waals surface area contributed by atoms with Gasteiger partial charge in [0.15, 0.2) is 0 Å². The highest BCUT2D eigenvalue weighted by molar-refractivity contribution is 7.99. The van der Waals surface area contributed by atoms with Crippen molar-refractivity contribution >= 4 is 23.6 Å². The van der Waals surface area contributed by atoms with Gasteiger partial charge in [0.25, 0.3) is 0 Å². The summed E-state index contributed by atoms with van der Waals surface area (Å²) in [7, 11) is 0. The first-order valence-electron chi connectivity index (χ1n) is 10.7. The largest absolute Gasteiger partial charge is 0.354 e. The van der Waals surface area contributed by atoms with Gasteiger partial charge in [-0.2, -0.15) is 0 Å². The van der Waals surface area contributed by atoms with Gasteiger partial charge in [0.05, 0.1) is 0 Å². The Labute approximate surface area is 185 Å². The zero-order valence-electron chi connectivity index (χ0n) is 18.6. The maximum atomic E-state index is 13.2. The highest BCUT2D eigenvalue weighted by Gasteiger charge is 2.28. The highest BCUT2D eigenvalue weighted by atomic mass is 32.2. The Bertz CT molecular complexity index is 808. The van der Waals surface area contributed by atoms with Gasteiger partial charge in [-0.1, -0.05) is 68.8 Å². The van der Waals surface area contributed by atoms with Crippen LogP contribution in [0.25, 0.3) is 0 Å². The second kappa shape index (κ2) is 12.4. The monoisotopic (exact) mass is 426 g/mol. The van der Waals surface area contributed by atoms with Crippen molar-refractivity contribution < 1.29 is 9.59 Å². The summed E-state index contributed by atoms with van der Waals surface area (Å²) in [5.41, 5.74) is 2.20. The van der Waals surface area contributed by atoms with Gasteiger partial charge in [-0.15, -0.1) is 11.8 Å². The average Bonchev–Trinajstić information content (AvgIpc) is 2.72. The molecule has 0 saturated heterocycles. The Morgan fingerprint density at radius 2 is 1.80 bits per heavy atom. The van der Waals surface area contributed by atoms with Crippen molar-refractivity contribution in [3.8, 4) is 0 Å². The molecule has 0 spiro atoms. The summed E-state index contributed by atoms with van der Waals surface area (Å²) in [5, 5.41) is 3.01. The number of aryl methyl sites for hydroxylation is 1. The van der Waals surface area contributed by atoms with Crippen LogP contribution in [0.3, 0.4) is 0 Å². The molecule has 0 heterocycles. The summed E-state index contributed by atoms with van der Waals surface area (Å²) >= 11 is 1.67. The third-order valence-electron chi connectivity index (χ3n) is 4.83. The lowest BCUT2D eigenvalue weighted by molar-refractivity contribution is -0.141. The van der Waals surface area contributed by atoms with Gasteiger partial charge < -0.3 is 10.2 Å². The molecule has 2 aromatic carbocycles. The van der Waals surface area contributed by atoms with Crippen molar-refractivity contribution in [3.05, 3.63) is 65.7 Å². The van der Waals surface area contributed by atoms with Crippen molar-refractivity contribution in [1.29, 1.82) is 0 Å². The molecule has 0 radical (unpaired) electrons. The van der Waals surface area contributed by atoms with Crippen LogP contribution < -0.4 is 5.32 Å². The molecule has 0 bridgehead atoms. The summed E-state index contributed by atoms with van der Waals surface area (Å²) in [5.74, 6) is 1.01. The van der Waals surface area contributed by atoms with Crippen molar-refractivity contribution in [2.45, 2.75) is 58.0 Å². The third-order valence-corrected chi connectivity index (χ3v) is 5.85. The van der Waals surface area contributed by atoms with E-state index in [9.17, 15) is 9.59 Å². The molecule has 0 fully saturated rings. The molecule has 2 aromatic rings. The van der Waals surface area contributed by atoms with Gasteiger partial charge in [0.1, 0.15) is 6.04 Å². The van der Waals surface area contributed by atoms with Crippen molar-refractivity contribution in [2.24, 2.45) is 5.92 Å². The normalized spacial score (nSPS) is 11.9.